The second kappa shape index (κ2) is 6.74. The summed E-state index contributed by atoms with van der Waals surface area (Å²) in [7, 11) is -3.25. The number of carbonyl (C=O) groups is 2. The quantitative estimate of drug-likeness (QED) is 0.727. The van der Waals surface area contributed by atoms with Crippen LogP contribution in [0.3, 0.4) is 0 Å². The van der Waals surface area contributed by atoms with Gasteiger partial charge < -0.3 is 10.2 Å². The first kappa shape index (κ1) is 16.2. The van der Waals surface area contributed by atoms with E-state index in [0.29, 0.717) is 25.9 Å². The molecule has 2 atom stereocenters. The Morgan fingerprint density at radius 2 is 2.14 bits per heavy atom. The molecule has 0 spiro atoms. The molecule has 0 aliphatic carbocycles. The van der Waals surface area contributed by atoms with Gasteiger partial charge in [-0.25, -0.2) is 13.1 Å². The number of likely N-dealkylation sites (tertiary alicyclic amines) is 1. The molecule has 2 saturated heterocycles. The van der Waals surface area contributed by atoms with Crippen molar-refractivity contribution in [2.45, 2.75) is 38.1 Å². The summed E-state index contributed by atoms with van der Waals surface area (Å²) in [5.41, 5.74) is 0. The SMILES string of the molecule is CS(=O)(=O)NCC1CCCCN1C(=O)C1CCC(=O)NC1. The summed E-state index contributed by atoms with van der Waals surface area (Å²) >= 11 is 0. The third kappa shape index (κ3) is 4.67. The minimum atomic E-state index is -3.25. The summed E-state index contributed by atoms with van der Waals surface area (Å²) in [6.07, 6.45) is 4.84. The Morgan fingerprint density at radius 1 is 1.38 bits per heavy atom. The lowest BCUT2D eigenvalue weighted by molar-refractivity contribution is -0.140. The Kier molecular flexibility index (Phi) is 5.21. The van der Waals surface area contributed by atoms with E-state index in [2.05, 4.69) is 10.0 Å². The summed E-state index contributed by atoms with van der Waals surface area (Å²) in [6.45, 7) is 1.32. The van der Waals surface area contributed by atoms with E-state index in [1.807, 2.05) is 0 Å². The third-order valence-corrected chi connectivity index (χ3v) is 4.80. The maximum atomic E-state index is 12.6. The van der Waals surface area contributed by atoms with Crippen LogP contribution in [0.5, 0.6) is 0 Å². The zero-order valence-electron chi connectivity index (χ0n) is 12.3. The number of nitrogens with zero attached hydrogens (tertiary/aromatic N) is 1. The van der Waals surface area contributed by atoms with Gasteiger partial charge in [0.2, 0.25) is 21.8 Å². The Bertz CT molecular complexity index is 496. The van der Waals surface area contributed by atoms with E-state index in [-0.39, 0.29) is 30.3 Å². The highest BCUT2D eigenvalue weighted by atomic mass is 32.2. The summed E-state index contributed by atoms with van der Waals surface area (Å²) < 4.78 is 24.9. The zero-order chi connectivity index (χ0) is 15.5. The molecule has 0 aromatic heterocycles. The van der Waals surface area contributed by atoms with Crippen molar-refractivity contribution in [2.24, 2.45) is 5.92 Å². The fourth-order valence-corrected chi connectivity index (χ4v) is 3.42. The van der Waals surface area contributed by atoms with Crippen molar-refractivity contribution in [3.8, 4) is 0 Å². The molecule has 7 nitrogen and oxygen atoms in total. The van der Waals surface area contributed by atoms with Crippen LogP contribution in [0.4, 0.5) is 0 Å². The monoisotopic (exact) mass is 317 g/mol. The Hall–Kier alpha value is -1.15. The highest BCUT2D eigenvalue weighted by molar-refractivity contribution is 7.88. The number of amides is 2. The number of sulfonamides is 1. The standard InChI is InChI=1S/C13H23N3O4S/c1-21(19,20)15-9-11-4-2-3-7-16(11)13(18)10-5-6-12(17)14-8-10/h10-11,15H,2-9H2,1H3,(H,14,17). The molecule has 2 aliphatic rings. The van der Waals surface area contributed by atoms with Gasteiger partial charge in [-0.1, -0.05) is 0 Å². The van der Waals surface area contributed by atoms with Gasteiger partial charge in [0, 0.05) is 32.1 Å². The Labute approximate surface area is 125 Å². The van der Waals surface area contributed by atoms with Crippen LogP contribution in [0.15, 0.2) is 0 Å². The van der Waals surface area contributed by atoms with Crippen LogP contribution in [0.25, 0.3) is 0 Å². The molecule has 120 valence electrons. The predicted molar refractivity (Wildman–Crippen MR) is 77.9 cm³/mol. The van der Waals surface area contributed by atoms with Crippen molar-refractivity contribution in [3.63, 3.8) is 0 Å². The number of piperidine rings is 2. The van der Waals surface area contributed by atoms with Gasteiger partial charge in [0.1, 0.15) is 0 Å². The lowest BCUT2D eigenvalue weighted by Crippen LogP contribution is -2.53. The smallest absolute Gasteiger partial charge is 0.227 e. The van der Waals surface area contributed by atoms with Gasteiger partial charge in [0.15, 0.2) is 0 Å². The molecule has 2 fully saturated rings. The Balaban J connectivity index is 1.97. The molecule has 2 rings (SSSR count). The molecule has 2 heterocycles. The maximum absolute atomic E-state index is 12.6. The van der Waals surface area contributed by atoms with Gasteiger partial charge in [-0.05, 0) is 25.7 Å². The summed E-state index contributed by atoms with van der Waals surface area (Å²) in [5, 5.41) is 2.73. The van der Waals surface area contributed by atoms with Crippen molar-refractivity contribution >= 4 is 21.8 Å². The lowest BCUT2D eigenvalue weighted by Gasteiger charge is -2.38. The second-order valence-electron chi connectivity index (χ2n) is 5.84. The number of rotatable bonds is 4. The molecule has 0 aromatic carbocycles. The van der Waals surface area contributed by atoms with Crippen LogP contribution < -0.4 is 10.0 Å². The molecule has 0 bridgehead atoms. The zero-order valence-corrected chi connectivity index (χ0v) is 13.1. The minimum Gasteiger partial charge on any atom is -0.355 e. The average molecular weight is 317 g/mol. The number of nitrogens with one attached hydrogen (secondary N) is 2. The highest BCUT2D eigenvalue weighted by Crippen LogP contribution is 2.22. The van der Waals surface area contributed by atoms with Crippen LogP contribution in [0, 0.1) is 5.92 Å². The lowest BCUT2D eigenvalue weighted by atomic mass is 9.94. The number of hydrogen-bond acceptors (Lipinski definition) is 4. The van der Waals surface area contributed by atoms with E-state index in [0.717, 1.165) is 25.5 Å². The van der Waals surface area contributed by atoms with Gasteiger partial charge in [-0.15, -0.1) is 0 Å². The van der Waals surface area contributed by atoms with E-state index >= 15 is 0 Å². The topological polar surface area (TPSA) is 95.6 Å². The van der Waals surface area contributed by atoms with Gasteiger partial charge in [0.05, 0.1) is 12.2 Å². The van der Waals surface area contributed by atoms with Gasteiger partial charge in [-0.2, -0.15) is 0 Å². The summed E-state index contributed by atoms with van der Waals surface area (Å²) in [5.74, 6) is -0.149. The van der Waals surface area contributed by atoms with Crippen LogP contribution in [-0.2, 0) is 19.6 Å². The molecule has 0 aromatic rings. The van der Waals surface area contributed by atoms with Gasteiger partial charge >= 0.3 is 0 Å². The third-order valence-electron chi connectivity index (χ3n) is 4.11. The van der Waals surface area contributed by atoms with Crippen LogP contribution >= 0.6 is 0 Å². The van der Waals surface area contributed by atoms with E-state index < -0.39 is 10.0 Å². The van der Waals surface area contributed by atoms with Crippen molar-refractivity contribution in [1.29, 1.82) is 0 Å². The first-order valence-corrected chi connectivity index (χ1v) is 9.28. The van der Waals surface area contributed by atoms with Crippen molar-refractivity contribution in [2.75, 3.05) is 25.9 Å². The van der Waals surface area contributed by atoms with E-state index in [4.69, 9.17) is 0 Å². The molecular formula is C13H23N3O4S. The normalized spacial score (nSPS) is 27.3. The molecule has 2 aliphatic heterocycles. The van der Waals surface area contributed by atoms with Crippen molar-refractivity contribution < 1.29 is 18.0 Å². The molecule has 0 saturated carbocycles. The molecule has 0 radical (unpaired) electrons. The van der Waals surface area contributed by atoms with Crippen LogP contribution in [0.2, 0.25) is 0 Å². The largest absolute Gasteiger partial charge is 0.355 e. The molecule has 8 heteroatoms. The molecule has 2 N–H and O–H groups in total. The number of carbonyl (C=O) groups excluding carboxylic acids is 2. The number of hydrogen-bond donors (Lipinski definition) is 2. The average Bonchev–Trinajstić information content (AvgIpc) is 2.45. The van der Waals surface area contributed by atoms with E-state index in [1.54, 1.807) is 4.90 Å². The maximum Gasteiger partial charge on any atom is 0.227 e. The molecular weight excluding hydrogens is 294 g/mol. The van der Waals surface area contributed by atoms with Gasteiger partial charge in [-0.3, -0.25) is 9.59 Å². The second-order valence-corrected chi connectivity index (χ2v) is 7.67. The van der Waals surface area contributed by atoms with Crippen LogP contribution in [-0.4, -0.2) is 57.1 Å². The summed E-state index contributed by atoms with van der Waals surface area (Å²) in [6, 6.07) is -0.0846. The first-order chi connectivity index (χ1) is 9.87. The van der Waals surface area contributed by atoms with Crippen LogP contribution in [0.1, 0.15) is 32.1 Å². The molecule has 2 unspecified atom stereocenters. The highest BCUT2D eigenvalue weighted by Gasteiger charge is 2.33. The Morgan fingerprint density at radius 3 is 2.76 bits per heavy atom. The van der Waals surface area contributed by atoms with E-state index in [1.165, 1.54) is 0 Å². The fraction of sp³-hybridized carbons (Fsp3) is 0.846. The minimum absolute atomic E-state index is 0.00649. The van der Waals surface area contributed by atoms with Crippen molar-refractivity contribution in [3.05, 3.63) is 0 Å². The molecule has 21 heavy (non-hydrogen) atoms. The fourth-order valence-electron chi connectivity index (χ4n) is 2.93. The predicted octanol–water partition coefficient (Wildman–Crippen LogP) is -0.557. The summed E-state index contributed by atoms with van der Waals surface area (Å²) in [4.78, 5) is 25.6. The first-order valence-electron chi connectivity index (χ1n) is 7.38. The van der Waals surface area contributed by atoms with Crippen molar-refractivity contribution in [1.82, 2.24) is 14.9 Å². The molecule has 2 amide bonds. The van der Waals surface area contributed by atoms with Gasteiger partial charge in [0.25, 0.3) is 0 Å². The van der Waals surface area contributed by atoms with E-state index in [9.17, 15) is 18.0 Å².